The molecule has 2 aliphatic rings. The van der Waals surface area contributed by atoms with Gasteiger partial charge in [-0.2, -0.15) is 0 Å². The Labute approximate surface area is 224 Å². The van der Waals surface area contributed by atoms with Gasteiger partial charge in [-0.15, -0.1) is 0 Å². The van der Waals surface area contributed by atoms with Crippen molar-refractivity contribution in [1.82, 2.24) is 15.0 Å². The summed E-state index contributed by atoms with van der Waals surface area (Å²) >= 11 is 0. The van der Waals surface area contributed by atoms with Crippen LogP contribution in [0.15, 0.2) is 22.7 Å². The van der Waals surface area contributed by atoms with Crippen LogP contribution >= 0.6 is 0 Å². The first-order valence-electron chi connectivity index (χ1n) is 13.7. The predicted octanol–water partition coefficient (Wildman–Crippen LogP) is 4.08. The second-order valence-corrected chi connectivity index (χ2v) is 10.4. The highest BCUT2D eigenvalue weighted by atomic mass is 16.5. The highest BCUT2D eigenvalue weighted by Gasteiger charge is 2.31. The summed E-state index contributed by atoms with van der Waals surface area (Å²) in [5, 5.41) is 4.10. The Hall–Kier alpha value is -3.20. The molecule has 0 N–H and O–H groups in total. The Morgan fingerprint density at radius 2 is 1.87 bits per heavy atom. The Morgan fingerprint density at radius 1 is 1.11 bits per heavy atom. The van der Waals surface area contributed by atoms with E-state index in [1.54, 1.807) is 22.8 Å². The molecule has 38 heavy (non-hydrogen) atoms. The number of benzene rings is 1. The van der Waals surface area contributed by atoms with Crippen LogP contribution < -0.4 is 0 Å². The van der Waals surface area contributed by atoms with Crippen LogP contribution in [0, 0.1) is 26.7 Å². The fourth-order valence-corrected chi connectivity index (χ4v) is 5.58. The average molecular weight is 526 g/mol. The van der Waals surface area contributed by atoms with Gasteiger partial charge in [-0.25, -0.2) is 0 Å². The lowest BCUT2D eigenvalue weighted by Crippen LogP contribution is -2.45. The summed E-state index contributed by atoms with van der Waals surface area (Å²) in [7, 11) is 0. The standard InChI is InChI=1S/C29H39N3O6/c1-5-36-29(35)22-8-6-11-31(17-22)26(33)10-12-32(18-23-9-7-13-37-23)28(34)24-16-25(38-30-24)27-20(3)14-19(2)15-21(27)4/h14-16,22-23H,5-13,17-18H2,1-4H3. The molecular weight excluding hydrogens is 486 g/mol. The molecular formula is C29H39N3O6. The van der Waals surface area contributed by atoms with Gasteiger partial charge >= 0.3 is 5.97 Å². The molecule has 2 fully saturated rings. The number of esters is 1. The second kappa shape index (κ2) is 12.6. The summed E-state index contributed by atoms with van der Waals surface area (Å²) in [4.78, 5) is 42.2. The predicted molar refractivity (Wildman–Crippen MR) is 142 cm³/mol. The Balaban J connectivity index is 1.45. The smallest absolute Gasteiger partial charge is 0.310 e. The number of piperidine rings is 1. The van der Waals surface area contributed by atoms with Gasteiger partial charge in [0.05, 0.1) is 18.6 Å². The lowest BCUT2D eigenvalue weighted by Gasteiger charge is -2.32. The number of aryl methyl sites for hydroxylation is 3. The maximum absolute atomic E-state index is 13.6. The molecule has 9 nitrogen and oxygen atoms in total. The van der Waals surface area contributed by atoms with Gasteiger partial charge in [0, 0.05) is 50.8 Å². The third kappa shape index (κ3) is 6.62. The Morgan fingerprint density at radius 3 is 2.55 bits per heavy atom. The number of carbonyl (C=O) groups is 3. The molecule has 206 valence electrons. The molecule has 0 radical (unpaired) electrons. The van der Waals surface area contributed by atoms with E-state index in [1.165, 1.54) is 0 Å². The SMILES string of the molecule is CCOC(=O)C1CCCN(C(=O)CCN(CC2CCCO2)C(=O)c2cc(-c3c(C)cc(C)cc3C)on2)C1. The molecule has 1 aromatic heterocycles. The maximum atomic E-state index is 13.6. The van der Waals surface area contributed by atoms with E-state index < -0.39 is 0 Å². The first kappa shape index (κ1) is 27.8. The molecule has 2 amide bonds. The number of amides is 2. The molecule has 2 aromatic rings. The van der Waals surface area contributed by atoms with Crippen molar-refractivity contribution < 1.29 is 28.4 Å². The number of likely N-dealkylation sites (tertiary alicyclic amines) is 1. The first-order chi connectivity index (χ1) is 18.3. The van der Waals surface area contributed by atoms with Crippen LogP contribution in [0.4, 0.5) is 0 Å². The highest BCUT2D eigenvalue weighted by Crippen LogP contribution is 2.29. The fraction of sp³-hybridized carbons (Fsp3) is 0.586. The van der Waals surface area contributed by atoms with Crippen LogP contribution in [-0.2, 0) is 19.1 Å². The molecule has 0 bridgehead atoms. The van der Waals surface area contributed by atoms with Gasteiger partial charge in [-0.1, -0.05) is 22.9 Å². The van der Waals surface area contributed by atoms with Crippen LogP contribution in [0.1, 0.15) is 66.2 Å². The number of ether oxygens (including phenoxy) is 2. The normalized spacial score (nSPS) is 19.4. The van der Waals surface area contributed by atoms with Crippen molar-refractivity contribution in [1.29, 1.82) is 0 Å². The summed E-state index contributed by atoms with van der Waals surface area (Å²) in [5.41, 5.74) is 4.42. The van der Waals surface area contributed by atoms with E-state index >= 15 is 0 Å². The minimum atomic E-state index is -0.292. The molecule has 4 rings (SSSR count). The van der Waals surface area contributed by atoms with E-state index in [2.05, 4.69) is 17.3 Å². The van der Waals surface area contributed by atoms with Gasteiger partial charge in [0.1, 0.15) is 0 Å². The minimum absolute atomic E-state index is 0.0646. The second-order valence-electron chi connectivity index (χ2n) is 10.4. The van der Waals surface area contributed by atoms with E-state index in [-0.39, 0.29) is 48.5 Å². The van der Waals surface area contributed by atoms with Crippen molar-refractivity contribution in [3.05, 3.63) is 40.6 Å². The minimum Gasteiger partial charge on any atom is -0.466 e. The van der Waals surface area contributed by atoms with Crippen LogP contribution in [0.2, 0.25) is 0 Å². The van der Waals surface area contributed by atoms with Crippen molar-refractivity contribution in [3.63, 3.8) is 0 Å². The number of hydrogen-bond acceptors (Lipinski definition) is 7. The van der Waals surface area contributed by atoms with E-state index in [4.69, 9.17) is 14.0 Å². The molecule has 3 heterocycles. The van der Waals surface area contributed by atoms with E-state index in [1.807, 2.05) is 20.8 Å². The monoisotopic (exact) mass is 525 g/mol. The molecule has 2 unspecified atom stereocenters. The van der Waals surface area contributed by atoms with Crippen LogP contribution in [0.25, 0.3) is 11.3 Å². The van der Waals surface area contributed by atoms with Gasteiger partial charge in [-0.05, 0) is 64.5 Å². The number of carbonyl (C=O) groups excluding carboxylic acids is 3. The van der Waals surface area contributed by atoms with Gasteiger partial charge in [0.2, 0.25) is 5.91 Å². The van der Waals surface area contributed by atoms with Crippen molar-refractivity contribution in [2.45, 2.75) is 65.9 Å². The van der Waals surface area contributed by atoms with E-state index in [0.717, 1.165) is 47.9 Å². The van der Waals surface area contributed by atoms with Crippen molar-refractivity contribution in [2.75, 3.05) is 39.4 Å². The molecule has 9 heteroatoms. The van der Waals surface area contributed by atoms with Crippen molar-refractivity contribution in [3.8, 4) is 11.3 Å². The first-order valence-corrected chi connectivity index (χ1v) is 13.7. The average Bonchev–Trinajstić information content (AvgIpc) is 3.58. The van der Waals surface area contributed by atoms with E-state index in [9.17, 15) is 14.4 Å². The summed E-state index contributed by atoms with van der Waals surface area (Å²) < 4.78 is 16.6. The van der Waals surface area contributed by atoms with Crippen LogP contribution in [0.3, 0.4) is 0 Å². The van der Waals surface area contributed by atoms with Gasteiger partial charge < -0.3 is 23.8 Å². The zero-order valence-electron chi connectivity index (χ0n) is 23.0. The molecule has 0 aliphatic carbocycles. The van der Waals surface area contributed by atoms with Gasteiger partial charge in [0.15, 0.2) is 11.5 Å². The summed E-state index contributed by atoms with van der Waals surface area (Å²) in [6.07, 6.45) is 3.40. The van der Waals surface area contributed by atoms with E-state index in [0.29, 0.717) is 38.6 Å². The Bertz CT molecular complexity index is 1130. The fourth-order valence-electron chi connectivity index (χ4n) is 5.58. The number of hydrogen-bond donors (Lipinski definition) is 0. The third-order valence-electron chi connectivity index (χ3n) is 7.38. The zero-order valence-corrected chi connectivity index (χ0v) is 23.0. The number of aromatic nitrogens is 1. The van der Waals surface area contributed by atoms with Gasteiger partial charge in [0.25, 0.3) is 5.91 Å². The van der Waals surface area contributed by atoms with Crippen LogP contribution in [-0.4, -0.2) is 78.2 Å². The van der Waals surface area contributed by atoms with Crippen molar-refractivity contribution in [2.24, 2.45) is 5.92 Å². The summed E-state index contributed by atoms with van der Waals surface area (Å²) in [6.45, 7) is 10.5. The molecule has 1 aromatic carbocycles. The summed E-state index contributed by atoms with van der Waals surface area (Å²) in [5.74, 6) is -0.347. The van der Waals surface area contributed by atoms with Crippen LogP contribution in [0.5, 0.6) is 0 Å². The Kier molecular flexibility index (Phi) is 9.20. The highest BCUT2D eigenvalue weighted by molar-refractivity contribution is 5.93. The van der Waals surface area contributed by atoms with Crippen molar-refractivity contribution >= 4 is 17.8 Å². The zero-order chi connectivity index (χ0) is 27.2. The lowest BCUT2D eigenvalue weighted by atomic mass is 9.98. The topological polar surface area (TPSA) is 102 Å². The lowest BCUT2D eigenvalue weighted by molar-refractivity contribution is -0.151. The maximum Gasteiger partial charge on any atom is 0.310 e. The molecule has 2 saturated heterocycles. The quantitative estimate of drug-likeness (QED) is 0.455. The largest absolute Gasteiger partial charge is 0.466 e. The summed E-state index contributed by atoms with van der Waals surface area (Å²) in [6, 6.07) is 5.84. The van der Waals surface area contributed by atoms with Gasteiger partial charge in [-0.3, -0.25) is 14.4 Å². The molecule has 2 atom stereocenters. The molecule has 0 spiro atoms. The molecule has 0 saturated carbocycles. The molecule has 2 aliphatic heterocycles. The third-order valence-corrected chi connectivity index (χ3v) is 7.38. The number of rotatable bonds is 9. The number of nitrogens with zero attached hydrogens (tertiary/aromatic N) is 3.